The maximum Gasteiger partial charge on any atom is 0.251 e. The van der Waals surface area contributed by atoms with Gasteiger partial charge >= 0.3 is 0 Å². The molecule has 8 nitrogen and oxygen atoms in total. The highest BCUT2D eigenvalue weighted by atomic mass is 16.5. The van der Waals surface area contributed by atoms with Gasteiger partial charge in [0.2, 0.25) is 5.91 Å². The molecule has 3 N–H and O–H groups in total. The van der Waals surface area contributed by atoms with Gasteiger partial charge in [-0.2, -0.15) is 0 Å². The van der Waals surface area contributed by atoms with Crippen LogP contribution < -0.4 is 15.8 Å². The molecule has 0 fully saturated rings. The lowest BCUT2D eigenvalue weighted by Crippen LogP contribution is -2.50. The molecule has 0 saturated heterocycles. The van der Waals surface area contributed by atoms with Gasteiger partial charge in [0, 0.05) is 29.9 Å². The highest BCUT2D eigenvalue weighted by Gasteiger charge is 2.37. The van der Waals surface area contributed by atoms with E-state index < -0.39 is 11.6 Å². The molecule has 8 heteroatoms. The fourth-order valence-corrected chi connectivity index (χ4v) is 5.39. The minimum absolute atomic E-state index is 0.106. The van der Waals surface area contributed by atoms with Crippen molar-refractivity contribution >= 4 is 17.8 Å². The number of benzene rings is 2. The Bertz CT molecular complexity index is 1400. The Hall–Kier alpha value is -4.20. The molecule has 5 rings (SSSR count). The molecule has 0 aliphatic carbocycles. The van der Waals surface area contributed by atoms with Crippen LogP contribution >= 0.6 is 0 Å². The number of fused-ring (bicyclic) bond motifs is 1. The molecule has 0 saturated carbocycles. The molecule has 2 aromatic carbocycles. The van der Waals surface area contributed by atoms with Crippen LogP contribution in [0.1, 0.15) is 79.7 Å². The molecule has 2 amide bonds. The van der Waals surface area contributed by atoms with Crippen molar-refractivity contribution in [3.05, 3.63) is 95.3 Å². The van der Waals surface area contributed by atoms with Gasteiger partial charge in [0.25, 0.3) is 5.91 Å². The number of nitrogens with zero attached hydrogens (tertiary/aromatic N) is 3. The Morgan fingerprint density at radius 1 is 1.10 bits per heavy atom. The number of carbonyl (C=O) groups excluding carboxylic acids is 2. The van der Waals surface area contributed by atoms with Gasteiger partial charge in [-0.1, -0.05) is 50.2 Å². The van der Waals surface area contributed by atoms with Crippen LogP contribution in [0.4, 0.5) is 0 Å². The fourth-order valence-electron chi connectivity index (χ4n) is 5.39. The number of amides is 2. The van der Waals surface area contributed by atoms with Crippen LogP contribution in [0.3, 0.4) is 0 Å². The van der Waals surface area contributed by atoms with E-state index in [1.807, 2.05) is 82.3 Å². The summed E-state index contributed by atoms with van der Waals surface area (Å²) in [5, 5.41) is 3.21. The zero-order chi connectivity index (χ0) is 27.7. The number of aliphatic imine (C=N–C) groups is 1. The Kier molecular flexibility index (Phi) is 7.12. The lowest BCUT2D eigenvalue weighted by molar-refractivity contribution is -0.130. The normalized spacial score (nSPS) is 21.0. The summed E-state index contributed by atoms with van der Waals surface area (Å²) in [6, 6.07) is 17.9. The van der Waals surface area contributed by atoms with Crippen molar-refractivity contribution < 1.29 is 14.3 Å². The summed E-state index contributed by atoms with van der Waals surface area (Å²) in [6.07, 6.45) is 4.31. The van der Waals surface area contributed by atoms with E-state index in [0.717, 1.165) is 22.4 Å². The van der Waals surface area contributed by atoms with Gasteiger partial charge in [-0.3, -0.25) is 19.5 Å². The number of hydrogen-bond donors (Lipinski definition) is 2. The summed E-state index contributed by atoms with van der Waals surface area (Å²) in [5.41, 5.74) is 8.97. The maximum atomic E-state index is 13.6. The standard InChI is InChI=1S/C31H35N5O3/c1-19(2)24-16-27(37)36(30(32)35-24)28(22-11-8-14-33-18-22)20-9-7-10-21(15-20)29(38)34-25-17-31(3,4)39-26-13-6-5-12-23(25)26/h5-15,18-19,24-25,28H,16-17H2,1-4H3,(H2,32,35)(H,34,38)/t24?,25-,28+/m0/s1. The van der Waals surface area contributed by atoms with E-state index in [4.69, 9.17) is 10.5 Å². The van der Waals surface area contributed by atoms with E-state index in [9.17, 15) is 9.59 Å². The number of aromatic nitrogens is 1. The van der Waals surface area contributed by atoms with Crippen LogP contribution in [0.5, 0.6) is 5.75 Å². The smallest absolute Gasteiger partial charge is 0.251 e. The van der Waals surface area contributed by atoms with E-state index in [1.54, 1.807) is 18.5 Å². The zero-order valence-electron chi connectivity index (χ0n) is 22.8. The predicted octanol–water partition coefficient (Wildman–Crippen LogP) is 4.77. The Labute approximate surface area is 229 Å². The first-order chi connectivity index (χ1) is 18.6. The molecule has 1 unspecified atom stereocenters. The maximum absolute atomic E-state index is 13.6. The van der Waals surface area contributed by atoms with Crippen molar-refractivity contribution in [1.29, 1.82) is 0 Å². The summed E-state index contributed by atoms with van der Waals surface area (Å²) in [7, 11) is 0. The molecular weight excluding hydrogens is 490 g/mol. The zero-order valence-corrected chi connectivity index (χ0v) is 22.8. The summed E-state index contributed by atoms with van der Waals surface area (Å²) in [4.78, 5) is 37.4. The first-order valence-corrected chi connectivity index (χ1v) is 13.4. The molecule has 3 aromatic rings. The number of ether oxygens (including phenoxy) is 1. The van der Waals surface area contributed by atoms with E-state index in [-0.39, 0.29) is 42.2 Å². The van der Waals surface area contributed by atoms with Crippen LogP contribution in [0.25, 0.3) is 0 Å². The largest absolute Gasteiger partial charge is 0.487 e. The van der Waals surface area contributed by atoms with Gasteiger partial charge in [-0.05, 0) is 55.2 Å². The molecule has 3 heterocycles. The number of rotatable bonds is 6. The third kappa shape index (κ3) is 5.50. The van der Waals surface area contributed by atoms with Gasteiger partial charge in [0.1, 0.15) is 11.4 Å². The number of hydrogen-bond acceptors (Lipinski definition) is 6. The average Bonchev–Trinajstić information content (AvgIpc) is 2.90. The summed E-state index contributed by atoms with van der Waals surface area (Å²) >= 11 is 0. The molecular formula is C31H35N5O3. The highest BCUT2D eigenvalue weighted by Crippen LogP contribution is 2.39. The van der Waals surface area contributed by atoms with Crippen LogP contribution in [-0.4, -0.2) is 39.3 Å². The third-order valence-electron chi connectivity index (χ3n) is 7.37. The van der Waals surface area contributed by atoms with Crippen molar-refractivity contribution in [3.8, 4) is 5.75 Å². The lowest BCUT2D eigenvalue weighted by atomic mass is 9.89. The first-order valence-electron chi connectivity index (χ1n) is 13.4. The summed E-state index contributed by atoms with van der Waals surface area (Å²) in [5.74, 6) is 0.841. The van der Waals surface area contributed by atoms with Gasteiger partial charge in [-0.25, -0.2) is 4.99 Å². The van der Waals surface area contributed by atoms with E-state index in [1.165, 1.54) is 4.90 Å². The van der Waals surface area contributed by atoms with Crippen molar-refractivity contribution in [3.63, 3.8) is 0 Å². The van der Waals surface area contributed by atoms with Crippen molar-refractivity contribution in [1.82, 2.24) is 15.2 Å². The Balaban J connectivity index is 1.48. The van der Waals surface area contributed by atoms with Crippen LogP contribution in [0.15, 0.2) is 78.0 Å². The van der Waals surface area contributed by atoms with Crippen molar-refractivity contribution in [2.75, 3.05) is 0 Å². The lowest BCUT2D eigenvalue weighted by Gasteiger charge is -2.38. The second kappa shape index (κ2) is 10.5. The molecule has 2 aliphatic rings. The fraction of sp³-hybridized carbons (Fsp3) is 0.355. The Morgan fingerprint density at radius 2 is 1.87 bits per heavy atom. The topological polar surface area (TPSA) is 110 Å². The van der Waals surface area contributed by atoms with E-state index >= 15 is 0 Å². The van der Waals surface area contributed by atoms with Gasteiger partial charge in [0.15, 0.2) is 5.96 Å². The van der Waals surface area contributed by atoms with E-state index in [0.29, 0.717) is 12.0 Å². The number of guanidine groups is 1. The second-order valence-electron chi connectivity index (χ2n) is 11.2. The van der Waals surface area contributed by atoms with Crippen LogP contribution in [0, 0.1) is 5.92 Å². The molecule has 0 radical (unpaired) electrons. The number of pyridine rings is 1. The number of nitrogens with two attached hydrogens (primary N) is 1. The third-order valence-corrected chi connectivity index (χ3v) is 7.37. The molecule has 202 valence electrons. The average molecular weight is 526 g/mol. The molecule has 0 bridgehead atoms. The number of carbonyl (C=O) groups is 2. The van der Waals surface area contributed by atoms with Crippen molar-refractivity contribution in [2.24, 2.45) is 16.6 Å². The van der Waals surface area contributed by atoms with E-state index in [2.05, 4.69) is 15.3 Å². The molecule has 39 heavy (non-hydrogen) atoms. The highest BCUT2D eigenvalue weighted by molar-refractivity contribution is 5.99. The number of nitrogens with one attached hydrogen (secondary N) is 1. The molecule has 1 aromatic heterocycles. The monoisotopic (exact) mass is 525 g/mol. The van der Waals surface area contributed by atoms with Crippen LogP contribution in [0.2, 0.25) is 0 Å². The Morgan fingerprint density at radius 3 is 2.59 bits per heavy atom. The number of para-hydroxylation sites is 1. The summed E-state index contributed by atoms with van der Waals surface area (Å²) in [6.45, 7) is 8.10. The molecule has 2 aliphatic heterocycles. The predicted molar refractivity (Wildman–Crippen MR) is 150 cm³/mol. The quantitative estimate of drug-likeness (QED) is 0.482. The first kappa shape index (κ1) is 26.4. The molecule has 3 atom stereocenters. The summed E-state index contributed by atoms with van der Waals surface area (Å²) < 4.78 is 6.13. The SMILES string of the molecule is CC(C)C1CC(=O)N([C@@H](c2cccnc2)c2cccc(C(=O)N[C@H]3CC(C)(C)Oc4ccccc43)c2)C(N)=N1. The van der Waals surface area contributed by atoms with Gasteiger partial charge < -0.3 is 15.8 Å². The van der Waals surface area contributed by atoms with Crippen molar-refractivity contribution in [2.45, 2.75) is 64.3 Å². The molecule has 0 spiro atoms. The second-order valence-corrected chi connectivity index (χ2v) is 11.2. The van der Waals surface area contributed by atoms with Gasteiger partial charge in [-0.15, -0.1) is 0 Å². The minimum atomic E-state index is -0.571. The van der Waals surface area contributed by atoms with Crippen LogP contribution in [-0.2, 0) is 4.79 Å². The van der Waals surface area contributed by atoms with Gasteiger partial charge in [0.05, 0.1) is 24.5 Å². The minimum Gasteiger partial charge on any atom is -0.487 e.